The number of fused-ring (bicyclic) bond motifs is 8. The molecule has 39 heavy (non-hydrogen) atoms. The van der Waals surface area contributed by atoms with E-state index in [1.165, 1.54) is 4.90 Å². The van der Waals surface area contributed by atoms with Crippen molar-refractivity contribution in [2.45, 2.75) is 18.9 Å². The molecule has 0 aromatic heterocycles. The normalized spacial score (nSPS) is 24.5. The van der Waals surface area contributed by atoms with Gasteiger partial charge in [0.25, 0.3) is 0 Å². The molecule has 5 unspecified atom stereocenters. The Hall–Kier alpha value is -4.52. The predicted molar refractivity (Wildman–Crippen MR) is 144 cm³/mol. The average molecular weight is 519 g/mol. The number of carbonyl (C=O) groups excluding carboxylic acids is 4. The van der Waals surface area contributed by atoms with Crippen molar-refractivity contribution in [2.24, 2.45) is 23.7 Å². The molecule has 1 saturated heterocycles. The summed E-state index contributed by atoms with van der Waals surface area (Å²) in [7, 11) is 1.57. The van der Waals surface area contributed by atoms with Gasteiger partial charge in [0, 0.05) is 16.8 Å². The lowest BCUT2D eigenvalue weighted by molar-refractivity contribution is -0.144. The molecule has 5 atom stereocenters. The Morgan fingerprint density at radius 2 is 1.51 bits per heavy atom. The zero-order valence-electron chi connectivity index (χ0n) is 21.3. The quantitative estimate of drug-likeness (QED) is 0.293. The Morgan fingerprint density at radius 3 is 2.18 bits per heavy atom. The summed E-state index contributed by atoms with van der Waals surface area (Å²) in [5.74, 6) is -0.703. The molecule has 1 aliphatic heterocycles. The summed E-state index contributed by atoms with van der Waals surface area (Å²) in [6, 6.07) is 19.1. The van der Waals surface area contributed by atoms with E-state index in [4.69, 9.17) is 4.74 Å². The predicted octanol–water partition coefficient (Wildman–Crippen LogP) is 4.78. The van der Waals surface area contributed by atoms with E-state index in [-0.39, 0.29) is 53.6 Å². The lowest BCUT2D eigenvalue weighted by atomic mass is 9.85. The highest BCUT2D eigenvalue weighted by Crippen LogP contribution is 2.54. The van der Waals surface area contributed by atoms with E-state index < -0.39 is 6.04 Å². The molecule has 3 aromatic carbocycles. The van der Waals surface area contributed by atoms with E-state index in [0.717, 1.165) is 17.5 Å². The third-order valence-corrected chi connectivity index (χ3v) is 8.71. The highest BCUT2D eigenvalue weighted by atomic mass is 16.5. The van der Waals surface area contributed by atoms with Crippen molar-refractivity contribution >= 4 is 29.2 Å². The maximum Gasteiger partial charge on any atom is 0.234 e. The Labute approximate surface area is 225 Å². The SMILES string of the molecule is COc1ccc(C(CC(=O)Nc2ccc3c(c2)C(=O)c2ccccc2-3)N2C(=O)C3C4C=CC(C4)C3C2=O)cc1. The molecule has 3 aromatic rings. The van der Waals surface area contributed by atoms with E-state index in [9.17, 15) is 19.2 Å². The Morgan fingerprint density at radius 1 is 0.872 bits per heavy atom. The van der Waals surface area contributed by atoms with Crippen LogP contribution >= 0.6 is 0 Å². The maximum atomic E-state index is 13.6. The standard InChI is InChI=1S/C32H26N2O5/c1-39-21-11-8-17(9-12-21)26(34-31(37)28-18-6-7-19(14-18)29(28)32(34)38)16-27(35)33-20-10-13-23-22-4-2-3-5-24(22)30(36)25(23)15-20/h2-13,15,18-19,26,28-29H,14,16H2,1H3,(H,33,35). The number of imide groups is 1. The number of amides is 3. The molecule has 7 nitrogen and oxygen atoms in total. The molecule has 2 fully saturated rings. The number of rotatable bonds is 6. The zero-order valence-corrected chi connectivity index (χ0v) is 21.3. The van der Waals surface area contributed by atoms with E-state index in [0.29, 0.717) is 28.1 Å². The van der Waals surface area contributed by atoms with Crippen LogP contribution in [0.2, 0.25) is 0 Å². The fourth-order valence-corrected chi connectivity index (χ4v) is 6.91. The molecule has 3 amide bonds. The molecule has 1 saturated carbocycles. The summed E-state index contributed by atoms with van der Waals surface area (Å²) in [5, 5.41) is 2.90. The summed E-state index contributed by atoms with van der Waals surface area (Å²) in [4.78, 5) is 54.9. The second-order valence-electron chi connectivity index (χ2n) is 10.7. The van der Waals surface area contributed by atoms with Gasteiger partial charge in [-0.15, -0.1) is 0 Å². The summed E-state index contributed by atoms with van der Waals surface area (Å²) in [6.07, 6.45) is 4.86. The molecular weight excluding hydrogens is 492 g/mol. The second kappa shape index (κ2) is 8.76. The van der Waals surface area contributed by atoms with Gasteiger partial charge in [-0.05, 0) is 59.2 Å². The first-order valence-corrected chi connectivity index (χ1v) is 13.2. The smallest absolute Gasteiger partial charge is 0.234 e. The minimum atomic E-state index is -0.749. The van der Waals surface area contributed by atoms with Crippen LogP contribution in [-0.2, 0) is 14.4 Å². The van der Waals surface area contributed by atoms with Crippen LogP contribution in [0.5, 0.6) is 5.75 Å². The van der Waals surface area contributed by atoms with Crippen molar-refractivity contribution in [3.8, 4) is 16.9 Å². The Kier molecular flexibility index (Phi) is 5.30. The molecular formula is C32H26N2O5. The number of nitrogens with one attached hydrogen (secondary N) is 1. The largest absolute Gasteiger partial charge is 0.497 e. The summed E-state index contributed by atoms with van der Waals surface area (Å²) < 4.78 is 5.28. The fourth-order valence-electron chi connectivity index (χ4n) is 6.91. The number of ether oxygens (including phenoxy) is 1. The molecule has 0 radical (unpaired) electrons. The van der Waals surface area contributed by atoms with E-state index in [1.54, 1.807) is 49.6 Å². The van der Waals surface area contributed by atoms with Crippen molar-refractivity contribution in [2.75, 3.05) is 12.4 Å². The average Bonchev–Trinajstić information content (AvgIpc) is 3.70. The Balaban J connectivity index is 1.16. The number of likely N-dealkylation sites (tertiary alicyclic amines) is 1. The first-order chi connectivity index (χ1) is 18.9. The third kappa shape index (κ3) is 3.56. The van der Waals surface area contributed by atoms with Crippen LogP contribution < -0.4 is 10.1 Å². The third-order valence-electron chi connectivity index (χ3n) is 8.71. The van der Waals surface area contributed by atoms with Crippen molar-refractivity contribution in [3.05, 3.63) is 95.6 Å². The van der Waals surface area contributed by atoms with Gasteiger partial charge in [-0.25, -0.2) is 0 Å². The summed E-state index contributed by atoms with van der Waals surface area (Å²) in [5.41, 5.74) is 4.10. The van der Waals surface area contributed by atoms with E-state index >= 15 is 0 Å². The van der Waals surface area contributed by atoms with Crippen LogP contribution in [0.3, 0.4) is 0 Å². The lowest BCUT2D eigenvalue weighted by Gasteiger charge is -2.28. The van der Waals surface area contributed by atoms with Gasteiger partial charge in [-0.3, -0.25) is 24.1 Å². The first-order valence-electron chi connectivity index (χ1n) is 13.2. The highest BCUT2D eigenvalue weighted by molar-refractivity contribution is 6.22. The number of hydrogen-bond donors (Lipinski definition) is 1. The van der Waals surface area contributed by atoms with Gasteiger partial charge in [-0.1, -0.05) is 54.6 Å². The van der Waals surface area contributed by atoms with Gasteiger partial charge in [0.15, 0.2) is 5.78 Å². The minimum Gasteiger partial charge on any atom is -0.497 e. The summed E-state index contributed by atoms with van der Waals surface area (Å²) >= 11 is 0. The van der Waals surface area contributed by atoms with Crippen LogP contribution in [0.15, 0.2) is 78.9 Å². The maximum absolute atomic E-state index is 13.6. The van der Waals surface area contributed by atoms with E-state index in [1.807, 2.05) is 24.3 Å². The number of benzene rings is 3. The topological polar surface area (TPSA) is 92.8 Å². The van der Waals surface area contributed by atoms with Gasteiger partial charge >= 0.3 is 0 Å². The van der Waals surface area contributed by atoms with Crippen molar-refractivity contribution in [1.82, 2.24) is 4.90 Å². The molecule has 3 aliphatic carbocycles. The van der Waals surface area contributed by atoms with Gasteiger partial charge < -0.3 is 10.1 Å². The Bertz CT molecular complexity index is 1560. The molecule has 1 N–H and O–H groups in total. The first kappa shape index (κ1) is 23.6. The minimum absolute atomic E-state index is 0.0733. The molecule has 194 valence electrons. The van der Waals surface area contributed by atoms with Crippen molar-refractivity contribution < 1.29 is 23.9 Å². The molecule has 7 heteroatoms. The van der Waals surface area contributed by atoms with Gasteiger partial charge in [0.1, 0.15) is 5.75 Å². The van der Waals surface area contributed by atoms with Crippen molar-refractivity contribution in [1.29, 1.82) is 0 Å². The van der Waals surface area contributed by atoms with Gasteiger partial charge in [-0.2, -0.15) is 0 Å². The number of ketones is 1. The number of anilines is 1. The highest BCUT2D eigenvalue weighted by Gasteiger charge is 2.60. The van der Waals surface area contributed by atoms with Crippen LogP contribution in [0, 0.1) is 23.7 Å². The molecule has 4 aliphatic rings. The van der Waals surface area contributed by atoms with E-state index in [2.05, 4.69) is 17.5 Å². The van der Waals surface area contributed by atoms with Crippen LogP contribution in [-0.4, -0.2) is 35.5 Å². The number of hydrogen-bond acceptors (Lipinski definition) is 5. The molecule has 2 bridgehead atoms. The van der Waals surface area contributed by atoms with Gasteiger partial charge in [0.2, 0.25) is 17.7 Å². The van der Waals surface area contributed by atoms with Crippen LogP contribution in [0.1, 0.15) is 40.4 Å². The monoisotopic (exact) mass is 518 g/mol. The van der Waals surface area contributed by atoms with Gasteiger partial charge in [0.05, 0.1) is 31.4 Å². The molecule has 0 spiro atoms. The molecule has 1 heterocycles. The number of nitrogens with zero attached hydrogens (tertiary/aromatic N) is 1. The number of methoxy groups -OCH3 is 1. The van der Waals surface area contributed by atoms with Crippen LogP contribution in [0.4, 0.5) is 5.69 Å². The number of allylic oxidation sites excluding steroid dienone is 2. The number of carbonyl (C=O) groups is 4. The van der Waals surface area contributed by atoms with Crippen LogP contribution in [0.25, 0.3) is 11.1 Å². The zero-order chi connectivity index (χ0) is 26.8. The van der Waals surface area contributed by atoms with Crippen molar-refractivity contribution in [3.63, 3.8) is 0 Å². The molecule has 7 rings (SSSR count). The fraction of sp³-hybridized carbons (Fsp3) is 0.250. The lowest BCUT2D eigenvalue weighted by Crippen LogP contribution is -2.38. The second-order valence-corrected chi connectivity index (χ2v) is 10.7. The summed E-state index contributed by atoms with van der Waals surface area (Å²) in [6.45, 7) is 0.